The zero-order chi connectivity index (χ0) is 17.2. The summed E-state index contributed by atoms with van der Waals surface area (Å²) in [5.41, 5.74) is 2.96. The Labute approximate surface area is 155 Å². The van der Waals surface area contributed by atoms with Gasteiger partial charge in [-0.1, -0.05) is 54.1 Å². The van der Waals surface area contributed by atoms with Gasteiger partial charge in [0.25, 0.3) is 0 Å². The lowest BCUT2D eigenvalue weighted by atomic mass is 9.90. The highest BCUT2D eigenvalue weighted by atomic mass is 35.5. The van der Waals surface area contributed by atoms with Crippen molar-refractivity contribution >= 4 is 34.5 Å². The Hall–Kier alpha value is -2.17. The summed E-state index contributed by atoms with van der Waals surface area (Å²) < 4.78 is 0. The number of carbonyl (C=O) groups is 1. The largest absolute Gasteiger partial charge is 0.325 e. The molecule has 3 aromatic rings. The van der Waals surface area contributed by atoms with Crippen LogP contribution >= 0.6 is 22.9 Å². The number of nitrogens with one attached hydrogen (secondary N) is 1. The summed E-state index contributed by atoms with van der Waals surface area (Å²) in [7, 11) is 0. The first-order valence-electron chi connectivity index (χ1n) is 8.30. The van der Waals surface area contributed by atoms with Crippen molar-refractivity contribution in [2.24, 2.45) is 5.92 Å². The molecule has 1 aliphatic rings. The number of amides is 1. The van der Waals surface area contributed by atoms with Gasteiger partial charge in [0, 0.05) is 16.4 Å². The zero-order valence-electron chi connectivity index (χ0n) is 13.5. The van der Waals surface area contributed by atoms with Crippen LogP contribution in [-0.4, -0.2) is 10.9 Å². The van der Waals surface area contributed by atoms with Gasteiger partial charge in [0.2, 0.25) is 5.91 Å². The number of para-hydroxylation sites is 1. The fourth-order valence-electron chi connectivity index (χ4n) is 3.10. The first kappa shape index (κ1) is 16.3. The molecule has 25 heavy (non-hydrogen) atoms. The molecule has 0 saturated heterocycles. The Kier molecular flexibility index (Phi) is 4.55. The van der Waals surface area contributed by atoms with Crippen LogP contribution in [0.25, 0.3) is 10.6 Å². The van der Waals surface area contributed by atoms with Gasteiger partial charge in [0.05, 0.1) is 16.4 Å². The number of fused-ring (bicyclic) bond motifs is 1. The third kappa shape index (κ3) is 3.46. The van der Waals surface area contributed by atoms with Crippen LogP contribution in [0.5, 0.6) is 0 Å². The van der Waals surface area contributed by atoms with E-state index in [2.05, 4.69) is 17.4 Å². The number of hydrogen-bond acceptors (Lipinski definition) is 3. The lowest BCUT2D eigenvalue weighted by Crippen LogP contribution is -2.27. The second-order valence-corrected chi connectivity index (χ2v) is 7.65. The van der Waals surface area contributed by atoms with Gasteiger partial charge >= 0.3 is 0 Å². The molecule has 1 unspecified atom stereocenters. The van der Waals surface area contributed by atoms with Crippen LogP contribution in [0, 0.1) is 5.92 Å². The van der Waals surface area contributed by atoms with Gasteiger partial charge in [-0.2, -0.15) is 0 Å². The molecule has 0 fully saturated rings. The maximum Gasteiger partial charge on any atom is 0.227 e. The number of carbonyl (C=O) groups excluding carboxylic acids is 1. The average molecular weight is 369 g/mol. The summed E-state index contributed by atoms with van der Waals surface area (Å²) in [6.45, 7) is 0. The summed E-state index contributed by atoms with van der Waals surface area (Å²) in [4.78, 5) is 18.6. The molecule has 0 saturated carbocycles. The lowest BCUT2D eigenvalue weighted by molar-refractivity contribution is -0.120. The van der Waals surface area contributed by atoms with Crippen LogP contribution in [0.4, 0.5) is 5.69 Å². The van der Waals surface area contributed by atoms with E-state index in [1.807, 2.05) is 36.4 Å². The van der Waals surface area contributed by atoms with Crippen molar-refractivity contribution in [3.05, 3.63) is 70.2 Å². The van der Waals surface area contributed by atoms with Crippen LogP contribution in [0.1, 0.15) is 17.0 Å². The molecule has 1 aromatic heterocycles. The normalized spacial score (nSPS) is 16.3. The van der Waals surface area contributed by atoms with E-state index in [1.165, 1.54) is 4.88 Å². The van der Waals surface area contributed by atoms with Crippen molar-refractivity contribution in [1.29, 1.82) is 0 Å². The van der Waals surface area contributed by atoms with Crippen LogP contribution in [0.3, 0.4) is 0 Å². The zero-order valence-corrected chi connectivity index (χ0v) is 15.1. The molecular formula is C20H17ClN2OS. The maximum atomic E-state index is 12.6. The third-order valence-electron chi connectivity index (χ3n) is 4.46. The molecule has 0 bridgehead atoms. The number of benzene rings is 2. The molecule has 0 spiro atoms. The van der Waals surface area contributed by atoms with Crippen molar-refractivity contribution in [1.82, 2.24) is 4.98 Å². The topological polar surface area (TPSA) is 42.0 Å². The average Bonchev–Trinajstić information content (AvgIpc) is 3.07. The van der Waals surface area contributed by atoms with E-state index < -0.39 is 0 Å². The van der Waals surface area contributed by atoms with E-state index in [4.69, 9.17) is 16.6 Å². The highest BCUT2D eigenvalue weighted by molar-refractivity contribution is 7.15. The lowest BCUT2D eigenvalue weighted by Gasteiger charge is -2.20. The fraction of sp³-hybridized carbons (Fsp3) is 0.200. The van der Waals surface area contributed by atoms with E-state index in [0.717, 1.165) is 35.5 Å². The van der Waals surface area contributed by atoms with Crippen molar-refractivity contribution in [2.45, 2.75) is 19.3 Å². The Balaban J connectivity index is 1.50. The highest BCUT2D eigenvalue weighted by Gasteiger charge is 2.28. The number of hydrogen-bond donors (Lipinski definition) is 1. The van der Waals surface area contributed by atoms with Crippen molar-refractivity contribution in [2.75, 3.05) is 5.32 Å². The van der Waals surface area contributed by atoms with Crippen molar-refractivity contribution in [3.63, 3.8) is 0 Å². The molecule has 1 heterocycles. The van der Waals surface area contributed by atoms with Gasteiger partial charge in [0.15, 0.2) is 0 Å². The molecule has 2 aromatic carbocycles. The Morgan fingerprint density at radius 2 is 1.88 bits per heavy atom. The first-order valence-corrected chi connectivity index (χ1v) is 9.49. The monoisotopic (exact) mass is 368 g/mol. The van der Waals surface area contributed by atoms with Gasteiger partial charge in [-0.05, 0) is 31.4 Å². The molecule has 0 aliphatic heterocycles. The number of nitrogens with zero attached hydrogens (tertiary/aromatic N) is 1. The van der Waals surface area contributed by atoms with Gasteiger partial charge < -0.3 is 5.32 Å². The number of rotatable bonds is 3. The molecule has 4 rings (SSSR count). The van der Waals surface area contributed by atoms with Gasteiger partial charge in [0.1, 0.15) is 5.01 Å². The van der Waals surface area contributed by atoms with Gasteiger partial charge in [-0.3, -0.25) is 4.79 Å². The van der Waals surface area contributed by atoms with Crippen LogP contribution in [0.15, 0.2) is 54.6 Å². The number of thiazole rings is 1. The Bertz CT molecular complexity index is 907. The molecular weight excluding hydrogens is 352 g/mol. The van der Waals surface area contributed by atoms with Crippen LogP contribution < -0.4 is 5.32 Å². The van der Waals surface area contributed by atoms with E-state index in [-0.39, 0.29) is 11.8 Å². The number of anilines is 1. The summed E-state index contributed by atoms with van der Waals surface area (Å²) >= 11 is 7.84. The van der Waals surface area contributed by atoms with Crippen LogP contribution in [-0.2, 0) is 17.6 Å². The molecule has 1 N–H and O–H groups in total. The molecule has 1 amide bonds. The van der Waals surface area contributed by atoms with Crippen molar-refractivity contribution in [3.8, 4) is 10.6 Å². The summed E-state index contributed by atoms with van der Waals surface area (Å²) in [5.74, 6) is 0.00116. The highest BCUT2D eigenvalue weighted by Crippen LogP contribution is 2.35. The van der Waals surface area contributed by atoms with E-state index in [9.17, 15) is 4.79 Å². The summed E-state index contributed by atoms with van der Waals surface area (Å²) in [5, 5.41) is 4.57. The minimum atomic E-state index is -0.0344. The second kappa shape index (κ2) is 6.98. The summed E-state index contributed by atoms with van der Waals surface area (Å²) in [6, 6.07) is 17.5. The molecule has 126 valence electrons. The van der Waals surface area contributed by atoms with E-state index in [1.54, 1.807) is 17.4 Å². The fourth-order valence-corrected chi connectivity index (χ4v) is 4.48. The Morgan fingerprint density at radius 3 is 2.68 bits per heavy atom. The summed E-state index contributed by atoms with van der Waals surface area (Å²) in [6.07, 6.45) is 2.41. The second-order valence-electron chi connectivity index (χ2n) is 6.16. The number of aryl methyl sites for hydroxylation is 1. The quantitative estimate of drug-likeness (QED) is 0.689. The minimum Gasteiger partial charge on any atom is -0.325 e. The minimum absolute atomic E-state index is 0.0344. The molecule has 5 heteroatoms. The SMILES string of the molecule is O=C(Nc1ccccc1Cl)C1CCc2nc(-c3ccccc3)sc2C1. The van der Waals surface area contributed by atoms with Crippen LogP contribution in [0.2, 0.25) is 5.02 Å². The van der Waals surface area contributed by atoms with E-state index in [0.29, 0.717) is 10.7 Å². The van der Waals surface area contributed by atoms with Crippen molar-refractivity contribution < 1.29 is 4.79 Å². The molecule has 0 radical (unpaired) electrons. The third-order valence-corrected chi connectivity index (χ3v) is 5.96. The van der Waals surface area contributed by atoms with Gasteiger partial charge in [-0.15, -0.1) is 11.3 Å². The standard InChI is InChI=1S/C20H17ClN2OS/c21-15-8-4-5-9-16(15)22-19(24)14-10-11-17-18(12-14)25-20(23-17)13-6-2-1-3-7-13/h1-9,14H,10-12H2,(H,22,24). The number of aromatic nitrogens is 1. The molecule has 3 nitrogen and oxygen atoms in total. The van der Waals surface area contributed by atoms with Gasteiger partial charge in [-0.25, -0.2) is 4.98 Å². The molecule has 1 aliphatic carbocycles. The predicted molar refractivity (Wildman–Crippen MR) is 103 cm³/mol. The van der Waals surface area contributed by atoms with E-state index >= 15 is 0 Å². The maximum absolute atomic E-state index is 12.6. The Morgan fingerprint density at radius 1 is 1.12 bits per heavy atom. The molecule has 1 atom stereocenters. The first-order chi connectivity index (χ1) is 12.2. The smallest absolute Gasteiger partial charge is 0.227 e. The predicted octanol–water partition coefficient (Wildman–Crippen LogP) is 5.21. The number of halogens is 1.